The predicted molar refractivity (Wildman–Crippen MR) is 134 cm³/mol. The molecule has 180 valence electrons. The Hall–Kier alpha value is -4.33. The molecule has 0 aliphatic heterocycles. The highest BCUT2D eigenvalue weighted by Gasteiger charge is 2.21. The summed E-state index contributed by atoms with van der Waals surface area (Å²) in [5.74, 6) is -0.998. The highest BCUT2D eigenvalue weighted by Crippen LogP contribution is 2.34. The molecule has 2 heterocycles. The Kier molecular flexibility index (Phi) is 6.46. The molecule has 0 fully saturated rings. The number of imidazole rings is 1. The summed E-state index contributed by atoms with van der Waals surface area (Å²) in [5.41, 5.74) is 6.41. The Morgan fingerprint density at radius 1 is 0.971 bits per heavy atom. The van der Waals surface area contributed by atoms with E-state index >= 15 is 0 Å². The second-order valence-corrected chi connectivity index (χ2v) is 8.37. The number of nitrogens with one attached hydrogen (secondary N) is 1. The zero-order valence-electron chi connectivity index (χ0n) is 20.3. The van der Waals surface area contributed by atoms with Crippen molar-refractivity contribution in [2.24, 2.45) is 0 Å². The molecule has 0 aliphatic rings. The second-order valence-electron chi connectivity index (χ2n) is 8.37. The van der Waals surface area contributed by atoms with Crippen LogP contribution in [-0.2, 0) is 11.2 Å². The summed E-state index contributed by atoms with van der Waals surface area (Å²) >= 11 is 0. The van der Waals surface area contributed by atoms with Crippen LogP contribution in [0.1, 0.15) is 32.7 Å². The molecule has 1 amide bonds. The van der Waals surface area contributed by atoms with Gasteiger partial charge >= 0.3 is 5.97 Å². The number of fused-ring (bicyclic) bond motifs is 1. The van der Waals surface area contributed by atoms with Crippen LogP contribution in [0, 0.1) is 20.8 Å². The maximum Gasteiger partial charge on any atom is 0.337 e. The number of hydrogen-bond acceptors (Lipinski definition) is 5. The largest absolute Gasteiger partial charge is 0.493 e. The maximum atomic E-state index is 13.2. The van der Waals surface area contributed by atoms with Gasteiger partial charge in [-0.15, -0.1) is 0 Å². The van der Waals surface area contributed by atoms with E-state index < -0.39 is 5.97 Å². The Balaban J connectivity index is 1.76. The van der Waals surface area contributed by atoms with E-state index in [0.29, 0.717) is 17.1 Å². The number of carboxylic acids is 1. The van der Waals surface area contributed by atoms with Crippen LogP contribution in [0.3, 0.4) is 0 Å². The van der Waals surface area contributed by atoms with Gasteiger partial charge in [-0.25, -0.2) is 9.78 Å². The fourth-order valence-corrected chi connectivity index (χ4v) is 4.05. The lowest BCUT2D eigenvalue weighted by Crippen LogP contribution is -2.18. The Morgan fingerprint density at radius 3 is 2.34 bits per heavy atom. The number of methoxy groups -OCH3 is 2. The lowest BCUT2D eigenvalue weighted by atomic mass is 10.0. The highest BCUT2D eigenvalue weighted by atomic mass is 16.5. The number of amides is 1. The molecule has 2 aromatic carbocycles. The highest BCUT2D eigenvalue weighted by molar-refractivity contribution is 6.02. The molecule has 8 heteroatoms. The number of benzene rings is 2. The quantitative estimate of drug-likeness (QED) is 0.399. The molecule has 0 aliphatic carbocycles. The molecule has 0 bridgehead atoms. The number of pyridine rings is 1. The number of aromatic carboxylic acids is 1. The van der Waals surface area contributed by atoms with Crippen LogP contribution in [0.5, 0.6) is 11.5 Å². The summed E-state index contributed by atoms with van der Waals surface area (Å²) in [5, 5.41) is 12.4. The smallest absolute Gasteiger partial charge is 0.337 e. The molecule has 4 aromatic rings. The molecule has 2 N–H and O–H groups in total. The first-order valence-corrected chi connectivity index (χ1v) is 11.1. The van der Waals surface area contributed by atoms with Crippen LogP contribution in [-0.4, -0.2) is 40.6 Å². The van der Waals surface area contributed by atoms with Crippen molar-refractivity contribution in [2.75, 3.05) is 19.5 Å². The van der Waals surface area contributed by atoms with Crippen LogP contribution in [0.4, 0.5) is 5.69 Å². The molecule has 0 unspecified atom stereocenters. The van der Waals surface area contributed by atoms with Crippen molar-refractivity contribution in [3.8, 4) is 22.8 Å². The molecule has 0 spiro atoms. The molecule has 35 heavy (non-hydrogen) atoms. The number of aromatic nitrogens is 2. The molecule has 0 saturated heterocycles. The summed E-state index contributed by atoms with van der Waals surface area (Å²) < 4.78 is 12.4. The Bertz CT molecular complexity index is 1460. The zero-order chi connectivity index (χ0) is 25.3. The van der Waals surface area contributed by atoms with Crippen LogP contribution < -0.4 is 14.8 Å². The molecule has 8 nitrogen and oxygen atoms in total. The third-order valence-electron chi connectivity index (χ3n) is 6.08. The van der Waals surface area contributed by atoms with Crippen molar-refractivity contribution in [3.63, 3.8) is 0 Å². The standard InChI is InChI=1S/C27H27N3O5/c1-15-8-9-18(11-17(15)3)25-21(30-10-6-7-16(2)26(30)29-25)14-24(31)28-20-13-23(35-5)22(34-4)12-19(20)27(32)33/h6-13H,14H2,1-5H3,(H,28,31)(H,32,33). The number of rotatable bonds is 7. The minimum Gasteiger partial charge on any atom is -0.493 e. The second kappa shape index (κ2) is 9.50. The van der Waals surface area contributed by atoms with Crippen molar-refractivity contribution >= 4 is 23.2 Å². The van der Waals surface area contributed by atoms with Gasteiger partial charge in [0.05, 0.1) is 43.3 Å². The first-order valence-electron chi connectivity index (χ1n) is 11.1. The molecule has 0 radical (unpaired) electrons. The lowest BCUT2D eigenvalue weighted by Gasteiger charge is -2.14. The van der Waals surface area contributed by atoms with Crippen LogP contribution in [0.15, 0.2) is 48.7 Å². The summed E-state index contributed by atoms with van der Waals surface area (Å²) in [4.78, 5) is 29.9. The summed E-state index contributed by atoms with van der Waals surface area (Å²) in [7, 11) is 2.86. The minimum atomic E-state index is -1.19. The first-order chi connectivity index (χ1) is 16.7. The zero-order valence-corrected chi connectivity index (χ0v) is 20.3. The molecule has 0 saturated carbocycles. The van der Waals surface area contributed by atoms with Crippen molar-refractivity contribution in [3.05, 3.63) is 76.6 Å². The van der Waals surface area contributed by atoms with E-state index in [2.05, 4.69) is 11.4 Å². The van der Waals surface area contributed by atoms with Crippen molar-refractivity contribution in [1.82, 2.24) is 9.38 Å². The van der Waals surface area contributed by atoms with E-state index in [9.17, 15) is 14.7 Å². The van der Waals surface area contributed by atoms with Gasteiger partial charge in [0.15, 0.2) is 11.5 Å². The lowest BCUT2D eigenvalue weighted by molar-refractivity contribution is -0.115. The molecular formula is C27H27N3O5. The average molecular weight is 474 g/mol. The maximum absolute atomic E-state index is 13.2. The fourth-order valence-electron chi connectivity index (χ4n) is 4.05. The predicted octanol–water partition coefficient (Wildman–Crippen LogP) is 4.82. The number of carbonyl (C=O) groups excluding carboxylic acids is 1. The van der Waals surface area contributed by atoms with E-state index in [1.54, 1.807) is 0 Å². The number of ether oxygens (including phenoxy) is 2. The molecule has 2 aromatic heterocycles. The average Bonchev–Trinajstić information content (AvgIpc) is 3.19. The number of aryl methyl sites for hydroxylation is 3. The normalized spacial score (nSPS) is 10.9. The van der Waals surface area contributed by atoms with Crippen LogP contribution in [0.25, 0.3) is 16.9 Å². The summed E-state index contributed by atoms with van der Waals surface area (Å²) in [6.07, 6.45) is 1.86. The van der Waals surface area contributed by atoms with Gasteiger partial charge in [0.1, 0.15) is 5.65 Å². The Morgan fingerprint density at radius 2 is 1.69 bits per heavy atom. The van der Waals surface area contributed by atoms with Gasteiger partial charge in [-0.1, -0.05) is 18.2 Å². The van der Waals surface area contributed by atoms with Gasteiger partial charge in [-0.05, 0) is 49.6 Å². The SMILES string of the molecule is COc1cc(NC(=O)Cc2c(-c3ccc(C)c(C)c3)nc3c(C)cccn23)c(C(=O)O)cc1OC. The van der Waals surface area contributed by atoms with Gasteiger partial charge in [-0.3, -0.25) is 4.79 Å². The number of anilines is 1. The topological polar surface area (TPSA) is 102 Å². The van der Waals surface area contributed by atoms with E-state index in [4.69, 9.17) is 14.5 Å². The van der Waals surface area contributed by atoms with E-state index in [0.717, 1.165) is 22.3 Å². The fraction of sp³-hybridized carbons (Fsp3) is 0.222. The number of hydrogen-bond donors (Lipinski definition) is 2. The number of carboxylic acid groups (broad SMARTS) is 1. The molecule has 4 rings (SSSR count). The first kappa shape index (κ1) is 23.8. The third-order valence-corrected chi connectivity index (χ3v) is 6.08. The summed E-state index contributed by atoms with van der Waals surface area (Å²) in [6.45, 7) is 6.06. The van der Waals surface area contributed by atoms with Gasteiger partial charge in [0, 0.05) is 23.9 Å². The monoisotopic (exact) mass is 473 g/mol. The van der Waals surface area contributed by atoms with E-state index in [1.165, 1.54) is 31.9 Å². The van der Waals surface area contributed by atoms with Crippen molar-refractivity contribution in [1.29, 1.82) is 0 Å². The van der Waals surface area contributed by atoms with Crippen LogP contribution in [0.2, 0.25) is 0 Å². The number of nitrogens with zero attached hydrogens (tertiary/aromatic N) is 2. The third kappa shape index (κ3) is 4.55. The van der Waals surface area contributed by atoms with Crippen LogP contribution >= 0.6 is 0 Å². The van der Waals surface area contributed by atoms with Gasteiger partial charge < -0.3 is 24.3 Å². The molecule has 0 atom stereocenters. The number of carbonyl (C=O) groups is 2. The van der Waals surface area contributed by atoms with Gasteiger partial charge in [0.25, 0.3) is 0 Å². The van der Waals surface area contributed by atoms with Gasteiger partial charge in [-0.2, -0.15) is 0 Å². The summed E-state index contributed by atoms with van der Waals surface area (Å²) in [6, 6.07) is 12.8. The van der Waals surface area contributed by atoms with E-state index in [1.807, 2.05) is 55.6 Å². The Labute approximate surface area is 203 Å². The minimum absolute atomic E-state index is 0.0136. The molecular weight excluding hydrogens is 446 g/mol. The van der Waals surface area contributed by atoms with Crippen molar-refractivity contribution < 1.29 is 24.2 Å². The van der Waals surface area contributed by atoms with Crippen molar-refractivity contribution in [2.45, 2.75) is 27.2 Å². The van der Waals surface area contributed by atoms with Gasteiger partial charge in [0.2, 0.25) is 5.91 Å². The van der Waals surface area contributed by atoms with E-state index in [-0.39, 0.29) is 29.3 Å².